The van der Waals surface area contributed by atoms with Crippen LogP contribution in [-0.4, -0.2) is 69.2 Å². The summed E-state index contributed by atoms with van der Waals surface area (Å²) in [6, 6.07) is 5.58. The molecule has 8 nitrogen and oxygen atoms in total. The molecule has 0 bridgehead atoms. The van der Waals surface area contributed by atoms with E-state index in [0.29, 0.717) is 43.7 Å². The number of aromatic nitrogens is 3. The molecule has 1 saturated carbocycles. The summed E-state index contributed by atoms with van der Waals surface area (Å²) >= 11 is 0. The van der Waals surface area contributed by atoms with Crippen molar-refractivity contribution in [2.24, 2.45) is 0 Å². The van der Waals surface area contributed by atoms with Crippen molar-refractivity contribution >= 4 is 5.91 Å². The van der Waals surface area contributed by atoms with Crippen molar-refractivity contribution in [3.8, 4) is 0 Å². The Morgan fingerprint density at radius 1 is 1.21 bits per heavy atom. The van der Waals surface area contributed by atoms with E-state index in [1.807, 2.05) is 24.0 Å². The second-order valence-electron chi connectivity index (χ2n) is 8.52. The van der Waals surface area contributed by atoms with Gasteiger partial charge in [-0.25, -0.2) is 4.98 Å². The highest BCUT2D eigenvalue weighted by molar-refractivity contribution is 5.92. The number of carbonyl (C=O) groups excluding carboxylic acids is 1. The zero-order valence-corrected chi connectivity index (χ0v) is 16.8. The third kappa shape index (κ3) is 4.04. The molecule has 154 valence electrons. The van der Waals surface area contributed by atoms with Gasteiger partial charge >= 0.3 is 0 Å². The lowest BCUT2D eigenvalue weighted by Gasteiger charge is -2.47. The maximum absolute atomic E-state index is 12.9. The number of piperidine rings is 1. The van der Waals surface area contributed by atoms with Crippen LogP contribution in [0.15, 0.2) is 22.7 Å². The average molecular weight is 397 g/mol. The van der Waals surface area contributed by atoms with E-state index in [9.17, 15) is 4.79 Å². The zero-order chi connectivity index (χ0) is 19.8. The van der Waals surface area contributed by atoms with Gasteiger partial charge in [0.05, 0.1) is 25.3 Å². The fourth-order valence-electron chi connectivity index (χ4n) is 4.29. The molecule has 1 spiro atoms. The van der Waals surface area contributed by atoms with Crippen LogP contribution in [0.3, 0.4) is 0 Å². The number of morpholine rings is 1. The van der Waals surface area contributed by atoms with Gasteiger partial charge < -0.3 is 14.2 Å². The second-order valence-corrected chi connectivity index (χ2v) is 8.52. The van der Waals surface area contributed by atoms with Crippen LogP contribution >= 0.6 is 0 Å². The molecule has 0 atom stereocenters. The van der Waals surface area contributed by atoms with Gasteiger partial charge in [-0.3, -0.25) is 9.69 Å². The zero-order valence-electron chi connectivity index (χ0n) is 16.8. The molecule has 0 radical (unpaired) electrons. The number of carbonyl (C=O) groups is 1. The highest BCUT2D eigenvalue weighted by Crippen LogP contribution is 2.38. The van der Waals surface area contributed by atoms with E-state index in [1.165, 1.54) is 12.8 Å². The molecule has 2 saturated heterocycles. The lowest BCUT2D eigenvalue weighted by molar-refractivity contribution is -0.128. The lowest BCUT2D eigenvalue weighted by atomic mass is 9.89. The molecule has 4 heterocycles. The van der Waals surface area contributed by atoms with Gasteiger partial charge in [-0.2, -0.15) is 4.98 Å². The summed E-state index contributed by atoms with van der Waals surface area (Å²) in [6.45, 7) is 6.20. The molecule has 0 N–H and O–H groups in total. The van der Waals surface area contributed by atoms with Crippen molar-refractivity contribution in [1.82, 2.24) is 24.9 Å². The number of ether oxygens (including phenoxy) is 1. The molecule has 3 fully saturated rings. The minimum atomic E-state index is -0.262. The number of hydrogen-bond donors (Lipinski definition) is 0. The maximum Gasteiger partial charge on any atom is 0.272 e. The molecule has 8 heteroatoms. The van der Waals surface area contributed by atoms with Gasteiger partial charge in [0.25, 0.3) is 5.91 Å². The van der Waals surface area contributed by atoms with Crippen molar-refractivity contribution in [2.75, 3.05) is 32.8 Å². The Balaban J connectivity index is 1.19. The van der Waals surface area contributed by atoms with Crippen molar-refractivity contribution < 1.29 is 14.1 Å². The van der Waals surface area contributed by atoms with Gasteiger partial charge in [0.15, 0.2) is 5.82 Å². The van der Waals surface area contributed by atoms with Crippen LogP contribution in [0, 0.1) is 6.92 Å². The molecule has 1 amide bonds. The fraction of sp³-hybridized carbons (Fsp3) is 0.619. The van der Waals surface area contributed by atoms with Crippen molar-refractivity contribution in [3.05, 3.63) is 41.3 Å². The summed E-state index contributed by atoms with van der Waals surface area (Å²) in [6.07, 6.45) is 4.13. The second kappa shape index (κ2) is 7.50. The summed E-state index contributed by atoms with van der Waals surface area (Å²) in [5, 5.41) is 4.10. The van der Waals surface area contributed by atoms with Crippen LogP contribution in [0.2, 0.25) is 0 Å². The molecule has 29 heavy (non-hydrogen) atoms. The predicted molar refractivity (Wildman–Crippen MR) is 104 cm³/mol. The minimum Gasteiger partial charge on any atom is -0.371 e. The molecule has 2 aromatic heterocycles. The first-order valence-electron chi connectivity index (χ1n) is 10.5. The highest BCUT2D eigenvalue weighted by Gasteiger charge is 2.41. The van der Waals surface area contributed by atoms with E-state index in [-0.39, 0.29) is 11.5 Å². The Morgan fingerprint density at radius 2 is 2.03 bits per heavy atom. The molecule has 3 aliphatic rings. The predicted octanol–water partition coefficient (Wildman–Crippen LogP) is 2.16. The monoisotopic (exact) mass is 397 g/mol. The van der Waals surface area contributed by atoms with Crippen LogP contribution in [0.25, 0.3) is 0 Å². The van der Waals surface area contributed by atoms with Crippen LogP contribution in [0.4, 0.5) is 0 Å². The Morgan fingerprint density at radius 3 is 2.79 bits per heavy atom. The standard InChI is InChI=1S/C21H27N5O3/c1-15-3-2-4-17(22-15)20(27)26-11-12-28-21(14-26)7-9-25(10-8-21)13-18-23-19(24-29-18)16-5-6-16/h2-4,16H,5-14H2,1H3. The molecule has 2 aromatic rings. The van der Waals surface area contributed by atoms with Crippen molar-refractivity contribution in [1.29, 1.82) is 0 Å². The average Bonchev–Trinajstić information content (AvgIpc) is 3.49. The minimum absolute atomic E-state index is 0.00253. The number of rotatable bonds is 4. The summed E-state index contributed by atoms with van der Waals surface area (Å²) in [5.74, 6) is 2.08. The summed E-state index contributed by atoms with van der Waals surface area (Å²) in [7, 11) is 0. The van der Waals surface area contributed by atoms with E-state index in [2.05, 4.69) is 20.0 Å². The van der Waals surface area contributed by atoms with E-state index >= 15 is 0 Å². The van der Waals surface area contributed by atoms with Gasteiger partial charge in [-0.15, -0.1) is 0 Å². The Bertz CT molecular complexity index is 886. The number of likely N-dealkylation sites (tertiary alicyclic amines) is 1. The lowest BCUT2D eigenvalue weighted by Crippen LogP contribution is -2.58. The maximum atomic E-state index is 12.9. The first-order chi connectivity index (χ1) is 14.1. The summed E-state index contributed by atoms with van der Waals surface area (Å²) < 4.78 is 11.6. The number of nitrogens with zero attached hydrogens (tertiary/aromatic N) is 5. The summed E-state index contributed by atoms with van der Waals surface area (Å²) in [5.41, 5.74) is 1.11. The molecule has 5 rings (SSSR count). The Kier molecular flexibility index (Phi) is 4.83. The quantitative estimate of drug-likeness (QED) is 0.781. The topological polar surface area (TPSA) is 84.6 Å². The van der Waals surface area contributed by atoms with Gasteiger partial charge in [-0.05, 0) is 44.7 Å². The van der Waals surface area contributed by atoms with E-state index in [4.69, 9.17) is 9.26 Å². The molecule has 0 aromatic carbocycles. The Labute approximate surface area is 170 Å². The highest BCUT2D eigenvalue weighted by atomic mass is 16.5. The van der Waals surface area contributed by atoms with Crippen LogP contribution in [0.1, 0.15) is 59.5 Å². The van der Waals surface area contributed by atoms with Gasteiger partial charge in [0, 0.05) is 31.2 Å². The number of pyridine rings is 1. The van der Waals surface area contributed by atoms with Crippen LogP contribution in [0.5, 0.6) is 0 Å². The summed E-state index contributed by atoms with van der Waals surface area (Å²) in [4.78, 5) is 26.1. The molecular weight excluding hydrogens is 370 g/mol. The molecule has 0 unspecified atom stereocenters. The largest absolute Gasteiger partial charge is 0.371 e. The number of aryl methyl sites for hydroxylation is 1. The molecular formula is C21H27N5O3. The van der Waals surface area contributed by atoms with E-state index < -0.39 is 0 Å². The third-order valence-electron chi connectivity index (χ3n) is 6.20. The first kappa shape index (κ1) is 18.7. The third-order valence-corrected chi connectivity index (χ3v) is 6.20. The smallest absolute Gasteiger partial charge is 0.272 e. The van der Waals surface area contributed by atoms with Crippen LogP contribution < -0.4 is 0 Å². The van der Waals surface area contributed by atoms with Gasteiger partial charge in [-0.1, -0.05) is 11.2 Å². The van der Waals surface area contributed by atoms with Crippen molar-refractivity contribution in [3.63, 3.8) is 0 Å². The van der Waals surface area contributed by atoms with Crippen LogP contribution in [-0.2, 0) is 11.3 Å². The van der Waals surface area contributed by atoms with Crippen molar-refractivity contribution in [2.45, 2.75) is 50.7 Å². The number of hydrogen-bond acceptors (Lipinski definition) is 7. The molecule has 2 aliphatic heterocycles. The fourth-order valence-corrected chi connectivity index (χ4v) is 4.29. The molecule has 1 aliphatic carbocycles. The Hall–Kier alpha value is -2.32. The number of amides is 1. The van der Waals surface area contributed by atoms with E-state index in [1.54, 1.807) is 6.07 Å². The first-order valence-corrected chi connectivity index (χ1v) is 10.5. The van der Waals surface area contributed by atoms with E-state index in [0.717, 1.165) is 37.4 Å². The van der Waals surface area contributed by atoms with Gasteiger partial charge in [0.1, 0.15) is 5.69 Å². The normalized spacial score (nSPS) is 22.2. The SMILES string of the molecule is Cc1cccc(C(=O)N2CCOC3(CCN(Cc4nc(C5CC5)no4)CC3)C2)n1. The van der Waals surface area contributed by atoms with Gasteiger partial charge in [0.2, 0.25) is 5.89 Å².